The second kappa shape index (κ2) is 5.11. The highest BCUT2D eigenvalue weighted by molar-refractivity contribution is 5.76. The van der Waals surface area contributed by atoms with Crippen molar-refractivity contribution in [2.75, 3.05) is 26.9 Å². The van der Waals surface area contributed by atoms with Crippen LogP contribution in [-0.2, 0) is 14.3 Å². The number of ether oxygens (including phenoxy) is 2. The lowest BCUT2D eigenvalue weighted by molar-refractivity contribution is -0.121. The predicted molar refractivity (Wildman–Crippen MR) is 43.9 cm³/mol. The minimum absolute atomic E-state index is 0.0774. The molecule has 1 unspecified atom stereocenters. The molecule has 1 heterocycles. The van der Waals surface area contributed by atoms with Gasteiger partial charge in [-0.05, 0) is 6.42 Å². The Morgan fingerprint density at radius 2 is 2.58 bits per heavy atom. The number of carbonyl (C=O) groups is 1. The van der Waals surface area contributed by atoms with Gasteiger partial charge in [-0.3, -0.25) is 4.79 Å². The fourth-order valence-electron chi connectivity index (χ4n) is 1.15. The molecule has 70 valence electrons. The molecule has 1 aliphatic heterocycles. The highest BCUT2D eigenvalue weighted by Gasteiger charge is 2.15. The Kier molecular flexibility index (Phi) is 4.04. The van der Waals surface area contributed by atoms with E-state index in [0.717, 1.165) is 6.42 Å². The second-order valence-electron chi connectivity index (χ2n) is 2.87. The quantitative estimate of drug-likeness (QED) is 0.649. The number of hydrogen-bond donors (Lipinski definition) is 1. The fourth-order valence-corrected chi connectivity index (χ4v) is 1.15. The summed E-state index contributed by atoms with van der Waals surface area (Å²) in [7, 11) is 1.65. The third-order valence-corrected chi connectivity index (χ3v) is 1.83. The van der Waals surface area contributed by atoms with E-state index in [1.165, 1.54) is 0 Å². The van der Waals surface area contributed by atoms with Crippen molar-refractivity contribution in [3.8, 4) is 0 Å². The Morgan fingerprint density at radius 3 is 3.33 bits per heavy atom. The van der Waals surface area contributed by atoms with Gasteiger partial charge in [-0.1, -0.05) is 0 Å². The number of nitrogens with one attached hydrogen (secondary N) is 1. The van der Waals surface area contributed by atoms with Gasteiger partial charge in [-0.15, -0.1) is 0 Å². The van der Waals surface area contributed by atoms with Crippen LogP contribution in [0.15, 0.2) is 0 Å². The average molecular weight is 173 g/mol. The summed E-state index contributed by atoms with van der Waals surface area (Å²) in [5.41, 5.74) is 0. The van der Waals surface area contributed by atoms with Crippen LogP contribution in [-0.4, -0.2) is 38.9 Å². The Bertz CT molecular complexity index is 149. The maximum Gasteiger partial charge on any atom is 0.222 e. The monoisotopic (exact) mass is 173 g/mol. The normalized spacial score (nSPS) is 24.8. The first-order chi connectivity index (χ1) is 5.83. The molecule has 1 atom stereocenters. The van der Waals surface area contributed by atoms with Crippen molar-refractivity contribution in [2.24, 2.45) is 0 Å². The van der Waals surface area contributed by atoms with Crippen molar-refractivity contribution in [1.82, 2.24) is 5.32 Å². The van der Waals surface area contributed by atoms with Gasteiger partial charge in [0.1, 0.15) is 0 Å². The number of methoxy groups -OCH3 is 1. The van der Waals surface area contributed by atoms with Gasteiger partial charge in [0.05, 0.1) is 19.3 Å². The molecule has 0 bridgehead atoms. The molecule has 1 saturated heterocycles. The van der Waals surface area contributed by atoms with E-state index in [-0.39, 0.29) is 11.9 Å². The Balaban J connectivity index is 2.26. The van der Waals surface area contributed by atoms with Crippen molar-refractivity contribution in [2.45, 2.75) is 18.9 Å². The van der Waals surface area contributed by atoms with E-state index in [9.17, 15) is 4.79 Å². The van der Waals surface area contributed by atoms with E-state index in [0.29, 0.717) is 26.2 Å². The molecule has 1 amide bonds. The van der Waals surface area contributed by atoms with Crippen molar-refractivity contribution in [3.63, 3.8) is 0 Å². The molecule has 0 aliphatic carbocycles. The Hall–Kier alpha value is -0.610. The number of hydrogen-bond acceptors (Lipinski definition) is 3. The largest absolute Gasteiger partial charge is 0.385 e. The molecule has 0 saturated carbocycles. The SMILES string of the molecule is COCCC1COCCC(=O)N1. The Labute approximate surface area is 72.2 Å². The van der Waals surface area contributed by atoms with Gasteiger partial charge < -0.3 is 14.8 Å². The maximum atomic E-state index is 11.0. The molecule has 4 nitrogen and oxygen atoms in total. The summed E-state index contributed by atoms with van der Waals surface area (Å²) in [5.74, 6) is 0.0774. The average Bonchev–Trinajstić information content (AvgIpc) is 2.26. The van der Waals surface area contributed by atoms with Crippen LogP contribution in [0.3, 0.4) is 0 Å². The van der Waals surface area contributed by atoms with E-state index in [1.807, 2.05) is 0 Å². The van der Waals surface area contributed by atoms with Gasteiger partial charge in [-0.2, -0.15) is 0 Å². The summed E-state index contributed by atoms with van der Waals surface area (Å²) in [6.45, 7) is 1.80. The standard InChI is InChI=1S/C8H15NO3/c1-11-4-2-7-6-12-5-3-8(10)9-7/h7H,2-6H2,1H3,(H,9,10). The molecular formula is C8H15NO3. The highest BCUT2D eigenvalue weighted by Crippen LogP contribution is 2.00. The molecule has 4 heteroatoms. The minimum Gasteiger partial charge on any atom is -0.385 e. The van der Waals surface area contributed by atoms with Gasteiger partial charge in [0.25, 0.3) is 0 Å². The summed E-state index contributed by atoms with van der Waals surface area (Å²) >= 11 is 0. The molecule has 1 rings (SSSR count). The first-order valence-electron chi connectivity index (χ1n) is 4.19. The van der Waals surface area contributed by atoms with Gasteiger partial charge in [0.15, 0.2) is 0 Å². The van der Waals surface area contributed by atoms with Crippen molar-refractivity contribution >= 4 is 5.91 Å². The third-order valence-electron chi connectivity index (χ3n) is 1.83. The smallest absolute Gasteiger partial charge is 0.222 e. The van der Waals surface area contributed by atoms with Gasteiger partial charge in [-0.25, -0.2) is 0 Å². The van der Waals surface area contributed by atoms with Crippen LogP contribution in [0.25, 0.3) is 0 Å². The van der Waals surface area contributed by atoms with Crippen LogP contribution < -0.4 is 5.32 Å². The fraction of sp³-hybridized carbons (Fsp3) is 0.875. The molecule has 1 fully saturated rings. The second-order valence-corrected chi connectivity index (χ2v) is 2.87. The van der Waals surface area contributed by atoms with Crippen LogP contribution >= 0.6 is 0 Å². The number of amides is 1. The van der Waals surface area contributed by atoms with Crippen LogP contribution in [0.5, 0.6) is 0 Å². The Morgan fingerprint density at radius 1 is 1.75 bits per heavy atom. The van der Waals surface area contributed by atoms with E-state index < -0.39 is 0 Å². The predicted octanol–water partition coefficient (Wildman–Crippen LogP) is -0.0720. The molecule has 0 spiro atoms. The first-order valence-corrected chi connectivity index (χ1v) is 4.19. The lowest BCUT2D eigenvalue weighted by Crippen LogP contribution is -2.36. The van der Waals surface area contributed by atoms with Crippen molar-refractivity contribution in [1.29, 1.82) is 0 Å². The zero-order valence-corrected chi connectivity index (χ0v) is 7.34. The third kappa shape index (κ3) is 3.19. The molecule has 0 aromatic heterocycles. The van der Waals surface area contributed by atoms with Crippen LogP contribution in [0.1, 0.15) is 12.8 Å². The van der Waals surface area contributed by atoms with Crippen molar-refractivity contribution < 1.29 is 14.3 Å². The lowest BCUT2D eigenvalue weighted by Gasteiger charge is -2.13. The van der Waals surface area contributed by atoms with E-state index in [2.05, 4.69) is 5.32 Å². The number of carbonyl (C=O) groups excluding carboxylic acids is 1. The van der Waals surface area contributed by atoms with Crippen LogP contribution in [0.2, 0.25) is 0 Å². The summed E-state index contributed by atoms with van der Waals surface area (Å²) in [6.07, 6.45) is 1.30. The zero-order valence-electron chi connectivity index (χ0n) is 7.34. The summed E-state index contributed by atoms with van der Waals surface area (Å²) in [6, 6.07) is 0.125. The van der Waals surface area contributed by atoms with Crippen LogP contribution in [0.4, 0.5) is 0 Å². The van der Waals surface area contributed by atoms with E-state index in [4.69, 9.17) is 9.47 Å². The summed E-state index contributed by atoms with van der Waals surface area (Å²) in [5, 5.41) is 2.87. The van der Waals surface area contributed by atoms with Crippen LogP contribution in [0, 0.1) is 0 Å². The maximum absolute atomic E-state index is 11.0. The molecule has 1 N–H and O–H groups in total. The molecule has 0 aromatic rings. The molecule has 1 aliphatic rings. The summed E-state index contributed by atoms with van der Waals surface area (Å²) < 4.78 is 10.1. The highest BCUT2D eigenvalue weighted by atomic mass is 16.5. The molecule has 0 aromatic carbocycles. The summed E-state index contributed by atoms with van der Waals surface area (Å²) in [4.78, 5) is 11.0. The van der Waals surface area contributed by atoms with E-state index in [1.54, 1.807) is 7.11 Å². The minimum atomic E-state index is 0.0774. The molecular weight excluding hydrogens is 158 g/mol. The number of rotatable bonds is 3. The van der Waals surface area contributed by atoms with Gasteiger partial charge >= 0.3 is 0 Å². The van der Waals surface area contributed by atoms with E-state index >= 15 is 0 Å². The lowest BCUT2D eigenvalue weighted by atomic mass is 10.2. The molecule has 12 heavy (non-hydrogen) atoms. The van der Waals surface area contributed by atoms with Crippen molar-refractivity contribution in [3.05, 3.63) is 0 Å². The molecule has 0 radical (unpaired) electrons. The zero-order chi connectivity index (χ0) is 8.81. The van der Waals surface area contributed by atoms with Gasteiger partial charge in [0, 0.05) is 20.1 Å². The first kappa shape index (κ1) is 9.48. The van der Waals surface area contributed by atoms with Gasteiger partial charge in [0.2, 0.25) is 5.91 Å². The topological polar surface area (TPSA) is 47.6 Å².